The second kappa shape index (κ2) is 7.88. The molecule has 3 aromatic rings. The second-order valence-corrected chi connectivity index (χ2v) is 6.10. The number of fused-ring (bicyclic) bond motifs is 1. The van der Waals surface area contributed by atoms with Gasteiger partial charge in [-0.15, -0.1) is 0 Å². The summed E-state index contributed by atoms with van der Waals surface area (Å²) >= 11 is 0. The number of hydrogen-bond donors (Lipinski definition) is 1. The van der Waals surface area contributed by atoms with Gasteiger partial charge in [0.05, 0.1) is 12.8 Å². The minimum Gasteiger partial charge on any atom is -0.497 e. The van der Waals surface area contributed by atoms with Gasteiger partial charge in [-0.3, -0.25) is 0 Å². The molecule has 1 heterocycles. The third-order valence-corrected chi connectivity index (χ3v) is 4.40. The van der Waals surface area contributed by atoms with Crippen molar-refractivity contribution in [3.05, 3.63) is 65.4 Å². The van der Waals surface area contributed by atoms with Crippen molar-refractivity contribution in [1.29, 1.82) is 0 Å². The Bertz CT molecular complexity index is 863. The molecular weight excluding hydrogens is 312 g/mol. The molecule has 4 heteroatoms. The largest absolute Gasteiger partial charge is 0.497 e. The van der Waals surface area contributed by atoms with E-state index < -0.39 is 0 Å². The van der Waals surface area contributed by atoms with Gasteiger partial charge in [-0.2, -0.15) is 5.10 Å². The summed E-state index contributed by atoms with van der Waals surface area (Å²) in [6, 6.07) is 16.1. The van der Waals surface area contributed by atoms with Crippen LogP contribution >= 0.6 is 0 Å². The summed E-state index contributed by atoms with van der Waals surface area (Å²) in [4.78, 5) is 0. The monoisotopic (exact) mass is 336 g/mol. The number of furan rings is 1. The minimum atomic E-state index is 0.656. The molecule has 0 aliphatic carbocycles. The number of aryl methyl sites for hydroxylation is 1. The summed E-state index contributed by atoms with van der Waals surface area (Å²) in [5.74, 6) is 7.59. The topological polar surface area (TPSA) is 60.8 Å². The van der Waals surface area contributed by atoms with Gasteiger partial charge in [-0.1, -0.05) is 43.7 Å². The van der Waals surface area contributed by atoms with E-state index >= 15 is 0 Å². The van der Waals surface area contributed by atoms with Crippen LogP contribution in [0.5, 0.6) is 5.75 Å². The number of hydrogen-bond acceptors (Lipinski definition) is 4. The van der Waals surface area contributed by atoms with Gasteiger partial charge in [0, 0.05) is 23.8 Å². The Morgan fingerprint density at radius 1 is 1.12 bits per heavy atom. The number of nitrogens with zero attached hydrogens (tertiary/aromatic N) is 1. The van der Waals surface area contributed by atoms with Crippen LogP contribution in [0.3, 0.4) is 0 Å². The van der Waals surface area contributed by atoms with Crippen LogP contribution in [-0.4, -0.2) is 12.8 Å². The van der Waals surface area contributed by atoms with Gasteiger partial charge in [-0.25, -0.2) is 0 Å². The Morgan fingerprint density at radius 3 is 2.56 bits per heavy atom. The molecule has 1 aromatic heterocycles. The minimum absolute atomic E-state index is 0.656. The number of ether oxygens (including phenoxy) is 1. The van der Waals surface area contributed by atoms with E-state index in [1.54, 1.807) is 7.11 Å². The molecule has 0 aliphatic heterocycles. The average molecular weight is 336 g/mol. The molecule has 0 aliphatic rings. The quantitative estimate of drug-likeness (QED) is 0.387. The maximum Gasteiger partial charge on any atom is 0.134 e. The summed E-state index contributed by atoms with van der Waals surface area (Å²) in [5, 5.41) is 5.19. The number of methoxy groups -OCH3 is 1. The van der Waals surface area contributed by atoms with Gasteiger partial charge in [-0.05, 0) is 30.2 Å². The highest BCUT2D eigenvalue weighted by molar-refractivity contribution is 6.12. The fraction of sp³-hybridized carbons (Fsp3) is 0.286. The van der Waals surface area contributed by atoms with Crippen molar-refractivity contribution >= 4 is 16.7 Å². The molecule has 0 saturated carbocycles. The number of hydrazone groups is 1. The first-order valence-electron chi connectivity index (χ1n) is 8.67. The molecule has 130 valence electrons. The molecule has 0 spiro atoms. The first-order valence-corrected chi connectivity index (χ1v) is 8.67. The summed E-state index contributed by atoms with van der Waals surface area (Å²) in [7, 11) is 1.67. The smallest absolute Gasteiger partial charge is 0.134 e. The summed E-state index contributed by atoms with van der Waals surface area (Å²) < 4.78 is 11.3. The van der Waals surface area contributed by atoms with Crippen molar-refractivity contribution in [1.82, 2.24) is 0 Å². The van der Waals surface area contributed by atoms with Crippen LogP contribution in [0.25, 0.3) is 11.0 Å². The number of benzene rings is 2. The number of nitrogens with two attached hydrogens (primary N) is 1. The van der Waals surface area contributed by atoms with E-state index in [4.69, 9.17) is 15.0 Å². The third kappa shape index (κ3) is 3.68. The molecule has 2 N–H and O–H groups in total. The number of rotatable bonds is 7. The zero-order valence-corrected chi connectivity index (χ0v) is 14.8. The van der Waals surface area contributed by atoms with Crippen molar-refractivity contribution in [2.45, 2.75) is 32.6 Å². The Balaban J connectivity index is 1.98. The normalized spacial score (nSPS) is 11.8. The molecular formula is C21H24N2O2. The van der Waals surface area contributed by atoms with Crippen molar-refractivity contribution in [2.24, 2.45) is 10.9 Å². The van der Waals surface area contributed by atoms with Crippen LogP contribution in [0.1, 0.15) is 36.7 Å². The van der Waals surface area contributed by atoms with Crippen molar-refractivity contribution in [3.8, 4) is 5.75 Å². The van der Waals surface area contributed by atoms with Gasteiger partial charge >= 0.3 is 0 Å². The molecule has 4 nitrogen and oxygen atoms in total. The maximum atomic E-state index is 6.10. The van der Waals surface area contributed by atoms with E-state index in [0.717, 1.165) is 58.6 Å². The molecule has 0 saturated heterocycles. The lowest BCUT2D eigenvalue weighted by Gasteiger charge is -2.08. The lowest BCUT2D eigenvalue weighted by atomic mass is 9.97. The van der Waals surface area contributed by atoms with E-state index in [1.165, 1.54) is 0 Å². The predicted molar refractivity (Wildman–Crippen MR) is 102 cm³/mol. The number of para-hydroxylation sites is 1. The van der Waals surface area contributed by atoms with Gasteiger partial charge in [0.1, 0.15) is 17.1 Å². The molecule has 0 amide bonds. The maximum absolute atomic E-state index is 6.10. The van der Waals surface area contributed by atoms with Gasteiger partial charge in [0.15, 0.2) is 0 Å². The van der Waals surface area contributed by atoms with Gasteiger partial charge in [0.25, 0.3) is 0 Å². The zero-order chi connectivity index (χ0) is 17.6. The van der Waals surface area contributed by atoms with Gasteiger partial charge in [0.2, 0.25) is 0 Å². The molecule has 3 rings (SSSR count). The molecule has 0 bridgehead atoms. The van der Waals surface area contributed by atoms with E-state index in [9.17, 15) is 0 Å². The average Bonchev–Trinajstić information content (AvgIpc) is 3.03. The van der Waals surface area contributed by atoms with Crippen molar-refractivity contribution in [3.63, 3.8) is 0 Å². The van der Waals surface area contributed by atoms with Crippen LogP contribution in [0, 0.1) is 0 Å². The van der Waals surface area contributed by atoms with E-state index in [2.05, 4.69) is 18.1 Å². The number of unbranched alkanes of at least 4 members (excludes halogenated alkanes) is 1. The van der Waals surface area contributed by atoms with Crippen LogP contribution < -0.4 is 10.6 Å². The lowest BCUT2D eigenvalue weighted by Crippen LogP contribution is -2.10. The van der Waals surface area contributed by atoms with Crippen molar-refractivity contribution < 1.29 is 9.15 Å². The highest BCUT2D eigenvalue weighted by Gasteiger charge is 2.19. The Hall–Kier alpha value is -2.75. The first kappa shape index (κ1) is 17.1. The molecule has 2 aromatic carbocycles. The Kier molecular flexibility index (Phi) is 5.39. The molecule has 0 radical (unpaired) electrons. The Morgan fingerprint density at radius 2 is 1.88 bits per heavy atom. The standard InChI is InChI=1S/C21H24N2O2/c1-3-4-8-20-21(17-7-5-6-9-19(17)25-20)18(23-22)14-15-10-12-16(24-2)13-11-15/h5-7,9-13H,3-4,8,14,22H2,1-2H3/b23-18-. The highest BCUT2D eigenvalue weighted by Crippen LogP contribution is 2.29. The second-order valence-electron chi connectivity index (χ2n) is 6.10. The summed E-state index contributed by atoms with van der Waals surface area (Å²) in [5.41, 5.74) is 3.92. The van der Waals surface area contributed by atoms with Gasteiger partial charge < -0.3 is 15.0 Å². The van der Waals surface area contributed by atoms with E-state index in [0.29, 0.717) is 6.42 Å². The van der Waals surface area contributed by atoms with Crippen molar-refractivity contribution in [2.75, 3.05) is 7.11 Å². The Labute approximate surface area is 148 Å². The van der Waals surface area contributed by atoms with Crippen LogP contribution in [0.2, 0.25) is 0 Å². The molecule has 0 fully saturated rings. The van der Waals surface area contributed by atoms with E-state index in [-0.39, 0.29) is 0 Å². The predicted octanol–water partition coefficient (Wildman–Crippen LogP) is 4.69. The molecule has 0 atom stereocenters. The summed E-state index contributed by atoms with van der Waals surface area (Å²) in [6.07, 6.45) is 3.74. The fourth-order valence-corrected chi connectivity index (χ4v) is 3.06. The molecule has 0 unspecified atom stereocenters. The summed E-state index contributed by atoms with van der Waals surface area (Å²) in [6.45, 7) is 2.18. The van der Waals surface area contributed by atoms with Crippen LogP contribution in [0.15, 0.2) is 58.0 Å². The van der Waals surface area contributed by atoms with E-state index in [1.807, 2.05) is 42.5 Å². The first-order chi connectivity index (χ1) is 12.3. The SMILES string of the molecule is CCCCc1oc2ccccc2c1/C(Cc1ccc(OC)cc1)=N\N. The van der Waals surface area contributed by atoms with Crippen LogP contribution in [0.4, 0.5) is 0 Å². The van der Waals surface area contributed by atoms with Crippen LogP contribution in [-0.2, 0) is 12.8 Å². The molecule has 25 heavy (non-hydrogen) atoms. The highest BCUT2D eigenvalue weighted by atomic mass is 16.5. The fourth-order valence-electron chi connectivity index (χ4n) is 3.06. The third-order valence-electron chi connectivity index (χ3n) is 4.40. The zero-order valence-electron chi connectivity index (χ0n) is 14.8. The lowest BCUT2D eigenvalue weighted by molar-refractivity contribution is 0.414.